The van der Waals surface area contributed by atoms with Gasteiger partial charge in [0.15, 0.2) is 0 Å². The summed E-state index contributed by atoms with van der Waals surface area (Å²) in [5.41, 5.74) is 1.00. The number of hydrogen-bond donors (Lipinski definition) is 1. The fourth-order valence-corrected chi connectivity index (χ4v) is 3.92. The summed E-state index contributed by atoms with van der Waals surface area (Å²) in [5.74, 6) is 2.65. The lowest BCUT2D eigenvalue weighted by atomic mass is 10.1. The molecule has 11 heteroatoms. The highest BCUT2D eigenvalue weighted by Gasteiger charge is 2.22. The zero-order chi connectivity index (χ0) is 22.8. The molecule has 1 atom stereocenters. The maximum absolute atomic E-state index is 11.6. The van der Waals surface area contributed by atoms with Crippen LogP contribution in [-0.4, -0.2) is 68.1 Å². The maximum atomic E-state index is 11.6. The van der Waals surface area contributed by atoms with Gasteiger partial charge in [0.25, 0.3) is 5.78 Å². The molecule has 2 aromatic heterocycles. The monoisotopic (exact) mass is 458 g/mol. The molecule has 0 saturated carbocycles. The Morgan fingerprint density at radius 2 is 1.91 bits per heavy atom. The molecule has 0 radical (unpaired) electrons. The lowest BCUT2D eigenvalue weighted by molar-refractivity contribution is -0.129. The molecule has 0 bridgehead atoms. The van der Waals surface area contributed by atoms with Crippen molar-refractivity contribution in [3.63, 3.8) is 0 Å². The number of fused-ring (bicyclic) bond motifs is 1. The van der Waals surface area contributed by atoms with Crippen LogP contribution in [0.5, 0.6) is 5.75 Å². The number of carbonyl (C=O) groups is 1. The molecule has 10 nitrogen and oxygen atoms in total. The molecule has 1 aromatic carbocycles. The van der Waals surface area contributed by atoms with Crippen molar-refractivity contribution in [1.29, 1.82) is 0 Å². The number of hydrogen-bond acceptors (Lipinski definition) is 8. The van der Waals surface area contributed by atoms with Gasteiger partial charge in [-0.15, -0.1) is 0 Å². The fourth-order valence-electron chi connectivity index (χ4n) is 3.68. The SMILES string of the molecule is CC(=O)N1CCN(c2cc(N[C@H](C)c3ccc(OC(C)C)c(Cl)c3)n3nnnc3n2)CC1. The number of carbonyl (C=O) groups excluding carboxylic acids is 1. The first-order valence-corrected chi connectivity index (χ1v) is 11.0. The van der Waals surface area contributed by atoms with E-state index in [0.29, 0.717) is 42.7 Å². The Balaban J connectivity index is 1.56. The van der Waals surface area contributed by atoms with Gasteiger partial charge < -0.3 is 19.9 Å². The third-order valence-corrected chi connectivity index (χ3v) is 5.69. The van der Waals surface area contributed by atoms with E-state index < -0.39 is 0 Å². The molecule has 4 rings (SSSR count). The van der Waals surface area contributed by atoms with Crippen molar-refractivity contribution in [3.8, 4) is 5.75 Å². The number of anilines is 2. The van der Waals surface area contributed by atoms with Crippen LogP contribution >= 0.6 is 11.6 Å². The lowest BCUT2D eigenvalue weighted by Crippen LogP contribution is -2.48. The smallest absolute Gasteiger partial charge is 0.277 e. The van der Waals surface area contributed by atoms with E-state index in [2.05, 4.69) is 30.7 Å². The molecule has 3 heterocycles. The number of rotatable bonds is 6. The summed E-state index contributed by atoms with van der Waals surface area (Å²) in [6, 6.07) is 7.63. The second kappa shape index (κ2) is 9.15. The van der Waals surface area contributed by atoms with Crippen LogP contribution in [0.3, 0.4) is 0 Å². The summed E-state index contributed by atoms with van der Waals surface area (Å²) in [6.07, 6.45) is 0.0505. The minimum atomic E-state index is -0.0715. The first-order valence-electron chi connectivity index (χ1n) is 10.6. The molecule has 1 fully saturated rings. The predicted molar refractivity (Wildman–Crippen MR) is 122 cm³/mol. The second-order valence-electron chi connectivity index (χ2n) is 8.11. The Morgan fingerprint density at radius 1 is 1.16 bits per heavy atom. The highest BCUT2D eigenvalue weighted by atomic mass is 35.5. The highest BCUT2D eigenvalue weighted by Crippen LogP contribution is 2.30. The van der Waals surface area contributed by atoms with Crippen molar-refractivity contribution >= 4 is 34.9 Å². The highest BCUT2D eigenvalue weighted by molar-refractivity contribution is 6.32. The summed E-state index contributed by atoms with van der Waals surface area (Å²) in [5, 5.41) is 15.9. The Kier molecular flexibility index (Phi) is 6.31. The summed E-state index contributed by atoms with van der Waals surface area (Å²) in [4.78, 5) is 20.2. The largest absolute Gasteiger partial charge is 0.489 e. The Bertz CT molecular complexity index is 1110. The number of halogens is 1. The zero-order valence-electron chi connectivity index (χ0n) is 18.6. The summed E-state index contributed by atoms with van der Waals surface area (Å²) >= 11 is 6.42. The van der Waals surface area contributed by atoms with Gasteiger partial charge in [-0.3, -0.25) is 4.79 Å². The van der Waals surface area contributed by atoms with Gasteiger partial charge in [-0.1, -0.05) is 22.8 Å². The molecule has 0 unspecified atom stereocenters. The van der Waals surface area contributed by atoms with E-state index in [1.807, 2.05) is 49.9 Å². The van der Waals surface area contributed by atoms with Crippen LogP contribution in [-0.2, 0) is 4.79 Å². The van der Waals surface area contributed by atoms with E-state index >= 15 is 0 Å². The topological polar surface area (TPSA) is 101 Å². The summed E-state index contributed by atoms with van der Waals surface area (Å²) < 4.78 is 7.30. The minimum Gasteiger partial charge on any atom is -0.489 e. The van der Waals surface area contributed by atoms with Crippen molar-refractivity contribution in [1.82, 2.24) is 29.9 Å². The molecule has 1 aliphatic heterocycles. The van der Waals surface area contributed by atoms with Crippen LogP contribution in [0.1, 0.15) is 39.3 Å². The first-order chi connectivity index (χ1) is 15.3. The molecule has 1 saturated heterocycles. The summed E-state index contributed by atoms with van der Waals surface area (Å²) in [7, 11) is 0. The lowest BCUT2D eigenvalue weighted by Gasteiger charge is -2.35. The van der Waals surface area contributed by atoms with Crippen LogP contribution in [0.15, 0.2) is 24.3 Å². The first kappa shape index (κ1) is 22.1. The van der Waals surface area contributed by atoms with Gasteiger partial charge in [0, 0.05) is 39.2 Å². The molecular weight excluding hydrogens is 432 g/mol. The van der Waals surface area contributed by atoms with Crippen LogP contribution in [0, 0.1) is 0 Å². The zero-order valence-corrected chi connectivity index (χ0v) is 19.4. The number of amides is 1. The van der Waals surface area contributed by atoms with Crippen molar-refractivity contribution < 1.29 is 9.53 Å². The molecule has 0 spiro atoms. The van der Waals surface area contributed by atoms with Gasteiger partial charge >= 0.3 is 0 Å². The third kappa shape index (κ3) is 4.69. The van der Waals surface area contributed by atoms with Crippen molar-refractivity contribution in [2.75, 3.05) is 36.4 Å². The standard InChI is InChI=1S/C21H27ClN8O2/c1-13(2)32-18-6-5-16(11-17(18)22)14(3)23-20-12-19(24-21-25-26-27-30(20)21)29-9-7-28(8-10-29)15(4)31/h5-6,11-14,23H,7-10H2,1-4H3/t14-/m1/s1. The molecule has 3 aromatic rings. The van der Waals surface area contributed by atoms with Crippen molar-refractivity contribution in [2.45, 2.75) is 39.8 Å². The van der Waals surface area contributed by atoms with Crippen molar-refractivity contribution in [2.24, 2.45) is 0 Å². The predicted octanol–water partition coefficient (Wildman–Crippen LogP) is 2.80. The average Bonchev–Trinajstić information content (AvgIpc) is 3.24. The number of piperazine rings is 1. The van der Waals surface area contributed by atoms with Crippen LogP contribution < -0.4 is 15.0 Å². The summed E-state index contributed by atoms with van der Waals surface area (Å²) in [6.45, 7) is 10.3. The van der Waals surface area contributed by atoms with E-state index in [4.69, 9.17) is 16.3 Å². The number of nitrogens with one attached hydrogen (secondary N) is 1. The van der Waals surface area contributed by atoms with Crippen LogP contribution in [0.2, 0.25) is 5.02 Å². The minimum absolute atomic E-state index is 0.0505. The van der Waals surface area contributed by atoms with Gasteiger partial charge in [0.2, 0.25) is 5.91 Å². The quantitative estimate of drug-likeness (QED) is 0.601. The molecular formula is C21H27ClN8O2. The molecule has 32 heavy (non-hydrogen) atoms. The number of nitrogens with zero attached hydrogens (tertiary/aromatic N) is 7. The molecule has 1 amide bonds. The Labute approximate surface area is 191 Å². The van der Waals surface area contributed by atoms with Gasteiger partial charge in [-0.25, -0.2) is 0 Å². The van der Waals surface area contributed by atoms with E-state index in [1.165, 1.54) is 0 Å². The number of aromatic nitrogens is 5. The van der Waals surface area contributed by atoms with Gasteiger partial charge in [0.1, 0.15) is 17.4 Å². The third-order valence-electron chi connectivity index (χ3n) is 5.39. The van der Waals surface area contributed by atoms with Crippen LogP contribution in [0.4, 0.5) is 11.6 Å². The number of ether oxygens (including phenoxy) is 1. The van der Waals surface area contributed by atoms with Gasteiger partial charge in [-0.05, 0) is 48.9 Å². The Morgan fingerprint density at radius 3 is 2.56 bits per heavy atom. The number of benzene rings is 1. The normalized spacial score (nSPS) is 15.3. The van der Waals surface area contributed by atoms with Gasteiger partial charge in [0.05, 0.1) is 17.2 Å². The Hall–Kier alpha value is -3.14. The fraction of sp³-hybridized carbons (Fsp3) is 0.476. The molecule has 1 aliphatic rings. The molecule has 1 N–H and O–H groups in total. The van der Waals surface area contributed by atoms with E-state index in [1.54, 1.807) is 11.4 Å². The van der Waals surface area contributed by atoms with E-state index in [0.717, 1.165) is 17.2 Å². The van der Waals surface area contributed by atoms with Gasteiger partial charge in [-0.2, -0.15) is 9.50 Å². The van der Waals surface area contributed by atoms with Crippen LogP contribution in [0.25, 0.3) is 5.78 Å². The average molecular weight is 459 g/mol. The second-order valence-corrected chi connectivity index (χ2v) is 8.51. The maximum Gasteiger partial charge on any atom is 0.277 e. The molecule has 0 aliphatic carbocycles. The van der Waals surface area contributed by atoms with Crippen molar-refractivity contribution in [3.05, 3.63) is 34.9 Å². The van der Waals surface area contributed by atoms with E-state index in [-0.39, 0.29) is 18.1 Å². The molecule has 170 valence electrons. The van der Waals surface area contributed by atoms with E-state index in [9.17, 15) is 4.79 Å². The number of tetrazole rings is 1.